The molecule has 1 N–H and O–H groups in total. The van der Waals surface area contributed by atoms with Crippen molar-refractivity contribution in [3.05, 3.63) is 42.0 Å². The van der Waals surface area contributed by atoms with Gasteiger partial charge in [0, 0.05) is 46.3 Å². The molecule has 0 atom stereocenters. The molecule has 26 heavy (non-hydrogen) atoms. The van der Waals surface area contributed by atoms with Gasteiger partial charge in [-0.25, -0.2) is 13.6 Å². The largest absolute Gasteiger partial charge is 0.361 e. The molecule has 1 aromatic carbocycles. The SMILES string of the molecule is CN(C)c1ccc(N2CCN(C(=O)Nc3ccc(F)cc3F)CC2)nn1. The summed E-state index contributed by atoms with van der Waals surface area (Å²) in [5.74, 6) is 0.0390. The van der Waals surface area contributed by atoms with Crippen molar-refractivity contribution in [1.29, 1.82) is 0 Å². The molecule has 1 aliphatic rings. The molecule has 0 saturated carbocycles. The Morgan fingerprint density at radius 1 is 1.08 bits per heavy atom. The number of aromatic nitrogens is 2. The first-order chi connectivity index (χ1) is 12.4. The van der Waals surface area contributed by atoms with Gasteiger partial charge in [0.15, 0.2) is 11.6 Å². The maximum Gasteiger partial charge on any atom is 0.322 e. The van der Waals surface area contributed by atoms with Crippen LogP contribution in [0.15, 0.2) is 30.3 Å². The number of hydrogen-bond acceptors (Lipinski definition) is 5. The van der Waals surface area contributed by atoms with Crippen molar-refractivity contribution in [2.45, 2.75) is 0 Å². The van der Waals surface area contributed by atoms with Crippen molar-refractivity contribution in [3.63, 3.8) is 0 Å². The predicted octanol–water partition coefficient (Wildman–Crippen LogP) is 2.17. The van der Waals surface area contributed by atoms with E-state index in [1.807, 2.05) is 36.0 Å². The van der Waals surface area contributed by atoms with Crippen LogP contribution in [0.3, 0.4) is 0 Å². The van der Waals surface area contributed by atoms with Crippen molar-refractivity contribution in [2.75, 3.05) is 55.4 Å². The van der Waals surface area contributed by atoms with Crippen LogP contribution in [-0.4, -0.2) is 61.4 Å². The molecule has 0 aliphatic carbocycles. The van der Waals surface area contributed by atoms with Crippen molar-refractivity contribution in [2.24, 2.45) is 0 Å². The third kappa shape index (κ3) is 3.98. The van der Waals surface area contributed by atoms with Gasteiger partial charge in [-0.1, -0.05) is 0 Å². The Kier molecular flexibility index (Phi) is 5.15. The summed E-state index contributed by atoms with van der Waals surface area (Å²) in [5, 5.41) is 10.8. The number of carbonyl (C=O) groups is 1. The number of benzene rings is 1. The van der Waals surface area contributed by atoms with Crippen LogP contribution in [0.1, 0.15) is 0 Å². The van der Waals surface area contributed by atoms with Crippen LogP contribution in [0.4, 0.5) is 30.9 Å². The van der Waals surface area contributed by atoms with Gasteiger partial charge < -0.3 is 20.0 Å². The van der Waals surface area contributed by atoms with E-state index in [4.69, 9.17) is 0 Å². The molecule has 9 heteroatoms. The smallest absolute Gasteiger partial charge is 0.322 e. The fraction of sp³-hybridized carbons (Fsp3) is 0.353. The van der Waals surface area contributed by atoms with Crippen LogP contribution in [-0.2, 0) is 0 Å². The van der Waals surface area contributed by atoms with Crippen LogP contribution < -0.4 is 15.1 Å². The normalized spacial score (nSPS) is 14.3. The average molecular weight is 362 g/mol. The topological polar surface area (TPSA) is 64.6 Å². The maximum atomic E-state index is 13.7. The molecular formula is C17H20F2N6O. The van der Waals surface area contributed by atoms with Gasteiger partial charge in [0.05, 0.1) is 5.69 Å². The number of hydrogen-bond donors (Lipinski definition) is 1. The van der Waals surface area contributed by atoms with E-state index in [0.29, 0.717) is 26.2 Å². The molecule has 1 saturated heterocycles. The molecule has 0 unspecified atom stereocenters. The summed E-state index contributed by atoms with van der Waals surface area (Å²) >= 11 is 0. The highest BCUT2D eigenvalue weighted by atomic mass is 19.1. The minimum atomic E-state index is -0.798. The Labute approximate surface area is 150 Å². The summed E-state index contributed by atoms with van der Waals surface area (Å²) in [6.07, 6.45) is 0. The van der Waals surface area contributed by atoms with E-state index in [-0.39, 0.29) is 5.69 Å². The maximum absolute atomic E-state index is 13.7. The number of nitrogens with one attached hydrogen (secondary N) is 1. The molecule has 1 fully saturated rings. The molecule has 2 amide bonds. The molecular weight excluding hydrogens is 342 g/mol. The number of halogens is 2. The third-order valence-corrected chi connectivity index (χ3v) is 4.16. The quantitative estimate of drug-likeness (QED) is 0.907. The summed E-state index contributed by atoms with van der Waals surface area (Å²) in [5.41, 5.74) is -0.0380. The number of nitrogens with zero attached hydrogens (tertiary/aromatic N) is 5. The Bertz CT molecular complexity index is 775. The summed E-state index contributed by atoms with van der Waals surface area (Å²) in [4.78, 5) is 17.8. The highest BCUT2D eigenvalue weighted by molar-refractivity contribution is 5.89. The Balaban J connectivity index is 1.56. The second kappa shape index (κ2) is 7.51. The zero-order valence-electron chi connectivity index (χ0n) is 14.6. The lowest BCUT2D eigenvalue weighted by atomic mass is 10.3. The fourth-order valence-corrected chi connectivity index (χ4v) is 2.65. The Morgan fingerprint density at radius 3 is 2.38 bits per heavy atom. The fourth-order valence-electron chi connectivity index (χ4n) is 2.65. The number of rotatable bonds is 3. The lowest BCUT2D eigenvalue weighted by molar-refractivity contribution is 0.208. The van der Waals surface area contributed by atoms with Gasteiger partial charge >= 0.3 is 6.03 Å². The van der Waals surface area contributed by atoms with E-state index < -0.39 is 17.7 Å². The van der Waals surface area contributed by atoms with Crippen LogP contribution in [0.25, 0.3) is 0 Å². The van der Waals surface area contributed by atoms with Crippen molar-refractivity contribution >= 4 is 23.4 Å². The predicted molar refractivity (Wildman–Crippen MR) is 95.5 cm³/mol. The van der Waals surface area contributed by atoms with Gasteiger partial charge in [0.25, 0.3) is 0 Å². The minimum absolute atomic E-state index is 0.0380. The second-order valence-electron chi connectivity index (χ2n) is 6.17. The molecule has 0 bridgehead atoms. The lowest BCUT2D eigenvalue weighted by Gasteiger charge is -2.35. The molecule has 1 aliphatic heterocycles. The number of piperazine rings is 1. The van der Waals surface area contributed by atoms with Gasteiger partial charge in [0.2, 0.25) is 0 Å². The van der Waals surface area contributed by atoms with Gasteiger partial charge in [-0.15, -0.1) is 10.2 Å². The Hall–Kier alpha value is -2.97. The molecule has 0 radical (unpaired) electrons. The van der Waals surface area contributed by atoms with Gasteiger partial charge in [0.1, 0.15) is 11.6 Å². The summed E-state index contributed by atoms with van der Waals surface area (Å²) < 4.78 is 26.6. The average Bonchev–Trinajstić information content (AvgIpc) is 2.64. The zero-order chi connectivity index (χ0) is 18.7. The van der Waals surface area contributed by atoms with E-state index >= 15 is 0 Å². The van der Waals surface area contributed by atoms with Crippen LogP contribution in [0.5, 0.6) is 0 Å². The van der Waals surface area contributed by atoms with E-state index in [1.54, 1.807) is 4.90 Å². The van der Waals surface area contributed by atoms with E-state index in [9.17, 15) is 13.6 Å². The van der Waals surface area contributed by atoms with Crippen molar-refractivity contribution < 1.29 is 13.6 Å². The molecule has 7 nitrogen and oxygen atoms in total. The molecule has 0 spiro atoms. The van der Waals surface area contributed by atoms with Crippen molar-refractivity contribution in [3.8, 4) is 0 Å². The minimum Gasteiger partial charge on any atom is -0.361 e. The summed E-state index contributed by atoms with van der Waals surface area (Å²) in [6, 6.07) is 6.42. The highest BCUT2D eigenvalue weighted by Gasteiger charge is 2.23. The highest BCUT2D eigenvalue weighted by Crippen LogP contribution is 2.18. The molecule has 2 heterocycles. The standard InChI is InChI=1S/C17H20F2N6O/c1-23(2)15-5-6-16(22-21-15)24-7-9-25(10-8-24)17(26)20-14-4-3-12(18)11-13(14)19/h3-6,11H,7-10H2,1-2H3,(H,20,26). The number of urea groups is 1. The zero-order valence-corrected chi connectivity index (χ0v) is 14.6. The van der Waals surface area contributed by atoms with Crippen LogP contribution in [0.2, 0.25) is 0 Å². The van der Waals surface area contributed by atoms with Crippen molar-refractivity contribution in [1.82, 2.24) is 15.1 Å². The molecule has 3 rings (SSSR count). The third-order valence-electron chi connectivity index (χ3n) is 4.16. The number of anilines is 3. The number of amides is 2. The summed E-state index contributed by atoms with van der Waals surface area (Å²) in [7, 11) is 3.79. The van der Waals surface area contributed by atoms with E-state index in [2.05, 4.69) is 15.5 Å². The monoisotopic (exact) mass is 362 g/mol. The van der Waals surface area contributed by atoms with E-state index in [1.165, 1.54) is 6.07 Å². The first-order valence-electron chi connectivity index (χ1n) is 8.21. The van der Waals surface area contributed by atoms with E-state index in [0.717, 1.165) is 23.8 Å². The molecule has 1 aromatic heterocycles. The van der Waals surface area contributed by atoms with Gasteiger partial charge in [-0.3, -0.25) is 0 Å². The van der Waals surface area contributed by atoms with Crippen LogP contribution in [0, 0.1) is 11.6 Å². The molecule has 2 aromatic rings. The summed E-state index contributed by atoms with van der Waals surface area (Å²) in [6.45, 7) is 2.11. The van der Waals surface area contributed by atoms with Crippen LogP contribution >= 0.6 is 0 Å². The number of carbonyl (C=O) groups excluding carboxylic acids is 1. The van der Waals surface area contributed by atoms with Gasteiger partial charge in [-0.2, -0.15) is 0 Å². The second-order valence-corrected chi connectivity index (χ2v) is 6.17. The lowest BCUT2D eigenvalue weighted by Crippen LogP contribution is -2.50. The Morgan fingerprint density at radius 2 is 1.81 bits per heavy atom. The first kappa shape index (κ1) is 17.8. The first-order valence-corrected chi connectivity index (χ1v) is 8.21. The van der Waals surface area contributed by atoms with Gasteiger partial charge in [-0.05, 0) is 24.3 Å². The molecule has 138 valence electrons.